The van der Waals surface area contributed by atoms with Gasteiger partial charge in [0.15, 0.2) is 0 Å². The van der Waals surface area contributed by atoms with Gasteiger partial charge in [-0.15, -0.1) is 11.3 Å². The summed E-state index contributed by atoms with van der Waals surface area (Å²) in [6, 6.07) is 2.65. The van der Waals surface area contributed by atoms with Gasteiger partial charge in [0, 0.05) is 15.9 Å². The van der Waals surface area contributed by atoms with Crippen molar-refractivity contribution in [1.29, 1.82) is 0 Å². The Kier molecular flexibility index (Phi) is 2.79. The number of thiophene rings is 1. The summed E-state index contributed by atoms with van der Waals surface area (Å²) in [5.41, 5.74) is 0. The van der Waals surface area contributed by atoms with Gasteiger partial charge in [0.05, 0.1) is 11.4 Å². The second-order valence-corrected chi connectivity index (χ2v) is 5.62. The second kappa shape index (κ2) is 4.27. The maximum atomic E-state index is 5.17. The molecule has 0 amide bonds. The first-order valence-electron chi connectivity index (χ1n) is 5.11. The minimum absolute atomic E-state index is 0.659. The highest BCUT2D eigenvalue weighted by atomic mass is 79.9. The van der Waals surface area contributed by atoms with Crippen molar-refractivity contribution < 1.29 is 4.52 Å². The van der Waals surface area contributed by atoms with E-state index < -0.39 is 0 Å². The van der Waals surface area contributed by atoms with E-state index in [0.29, 0.717) is 24.3 Å². The topological polar surface area (TPSA) is 51.0 Å². The van der Waals surface area contributed by atoms with Gasteiger partial charge in [0.2, 0.25) is 11.7 Å². The number of hydrogen-bond acceptors (Lipinski definition) is 5. The average Bonchev–Trinajstić information content (AvgIpc) is 2.81. The molecule has 1 saturated carbocycles. The molecule has 1 N–H and O–H groups in total. The van der Waals surface area contributed by atoms with E-state index in [1.165, 1.54) is 12.8 Å². The van der Waals surface area contributed by atoms with Crippen molar-refractivity contribution in [2.24, 2.45) is 0 Å². The predicted molar refractivity (Wildman–Crippen MR) is 65.2 cm³/mol. The molecule has 2 aromatic heterocycles. The molecule has 0 saturated heterocycles. The van der Waals surface area contributed by atoms with Gasteiger partial charge in [-0.3, -0.25) is 0 Å². The molecule has 4 nitrogen and oxygen atoms in total. The lowest BCUT2D eigenvalue weighted by Crippen LogP contribution is -2.15. The van der Waals surface area contributed by atoms with Gasteiger partial charge in [0.1, 0.15) is 0 Å². The highest BCUT2D eigenvalue weighted by molar-refractivity contribution is 9.10. The normalized spacial score (nSPS) is 15.6. The van der Waals surface area contributed by atoms with Gasteiger partial charge in [-0.2, -0.15) is 4.98 Å². The Labute approximate surface area is 105 Å². The molecule has 0 spiro atoms. The molecular formula is C10H10BrN3OS. The fraction of sp³-hybridized carbons (Fsp3) is 0.400. The van der Waals surface area contributed by atoms with Crippen molar-refractivity contribution in [2.75, 3.05) is 0 Å². The monoisotopic (exact) mass is 299 g/mol. The predicted octanol–water partition coefficient (Wildman–Crippen LogP) is 2.81. The van der Waals surface area contributed by atoms with Crippen LogP contribution in [-0.4, -0.2) is 16.2 Å². The minimum Gasteiger partial charge on any atom is -0.338 e. The van der Waals surface area contributed by atoms with Crippen LogP contribution in [-0.2, 0) is 6.54 Å². The first-order chi connectivity index (χ1) is 7.81. The van der Waals surface area contributed by atoms with E-state index in [-0.39, 0.29) is 0 Å². The third-order valence-corrected chi connectivity index (χ3v) is 4.06. The summed E-state index contributed by atoms with van der Waals surface area (Å²) in [6.45, 7) is 0.671. The zero-order valence-electron chi connectivity index (χ0n) is 8.44. The van der Waals surface area contributed by atoms with Crippen molar-refractivity contribution in [2.45, 2.75) is 25.4 Å². The third-order valence-electron chi connectivity index (χ3n) is 2.38. The first-order valence-corrected chi connectivity index (χ1v) is 6.79. The molecule has 1 aliphatic carbocycles. The Bertz CT molecular complexity index is 492. The van der Waals surface area contributed by atoms with E-state index in [0.717, 1.165) is 9.35 Å². The van der Waals surface area contributed by atoms with Gasteiger partial charge < -0.3 is 9.84 Å². The molecule has 16 heavy (non-hydrogen) atoms. The molecule has 1 fully saturated rings. The van der Waals surface area contributed by atoms with Crippen molar-refractivity contribution in [1.82, 2.24) is 15.5 Å². The van der Waals surface area contributed by atoms with Gasteiger partial charge in [-0.05, 0) is 34.8 Å². The molecule has 3 rings (SSSR count). The molecule has 1 aliphatic rings. The third kappa shape index (κ3) is 2.34. The molecule has 84 valence electrons. The highest BCUT2D eigenvalue weighted by Gasteiger charge is 2.21. The van der Waals surface area contributed by atoms with Crippen molar-refractivity contribution >= 4 is 27.3 Å². The number of nitrogens with zero attached hydrogens (tertiary/aromatic N) is 2. The van der Waals surface area contributed by atoms with E-state index in [2.05, 4.69) is 31.4 Å². The lowest BCUT2D eigenvalue weighted by atomic mass is 10.4. The summed E-state index contributed by atoms with van der Waals surface area (Å²) < 4.78 is 6.23. The molecule has 0 aliphatic heterocycles. The lowest BCUT2D eigenvalue weighted by Gasteiger charge is -1.94. The second-order valence-electron chi connectivity index (χ2n) is 3.80. The van der Waals surface area contributed by atoms with Crippen LogP contribution < -0.4 is 5.32 Å². The van der Waals surface area contributed by atoms with Crippen LogP contribution >= 0.6 is 27.3 Å². The minimum atomic E-state index is 0.659. The van der Waals surface area contributed by atoms with E-state index >= 15 is 0 Å². The van der Waals surface area contributed by atoms with E-state index in [1.807, 2.05) is 11.4 Å². The molecular weight excluding hydrogens is 290 g/mol. The number of hydrogen-bond donors (Lipinski definition) is 1. The van der Waals surface area contributed by atoms with Crippen LogP contribution in [0.2, 0.25) is 0 Å². The van der Waals surface area contributed by atoms with Crippen LogP contribution in [0.25, 0.3) is 10.7 Å². The molecule has 0 atom stereocenters. The summed E-state index contributed by atoms with van der Waals surface area (Å²) in [4.78, 5) is 5.36. The smallest absolute Gasteiger partial charge is 0.240 e. The zero-order chi connectivity index (χ0) is 11.0. The molecule has 0 bridgehead atoms. The molecule has 2 heterocycles. The van der Waals surface area contributed by atoms with Crippen molar-refractivity contribution in [3.8, 4) is 10.7 Å². The van der Waals surface area contributed by atoms with Crippen LogP contribution in [0.5, 0.6) is 0 Å². The Hall–Kier alpha value is -0.720. The fourth-order valence-corrected chi connectivity index (χ4v) is 2.73. The van der Waals surface area contributed by atoms with E-state index in [4.69, 9.17) is 4.52 Å². The number of halogens is 1. The molecule has 0 aromatic carbocycles. The summed E-state index contributed by atoms with van der Waals surface area (Å²) in [5, 5.41) is 9.31. The van der Waals surface area contributed by atoms with Crippen LogP contribution in [0.3, 0.4) is 0 Å². The fourth-order valence-electron chi connectivity index (χ4n) is 1.38. The molecule has 0 radical (unpaired) electrons. The Morgan fingerprint density at radius 2 is 2.44 bits per heavy atom. The Morgan fingerprint density at radius 1 is 1.56 bits per heavy atom. The van der Waals surface area contributed by atoms with Crippen molar-refractivity contribution in [3.63, 3.8) is 0 Å². The first kappa shape index (κ1) is 10.4. The van der Waals surface area contributed by atoms with E-state index in [1.54, 1.807) is 11.3 Å². The maximum absolute atomic E-state index is 5.17. The average molecular weight is 300 g/mol. The van der Waals surface area contributed by atoms with Gasteiger partial charge >= 0.3 is 0 Å². The number of aromatic nitrogens is 2. The summed E-state index contributed by atoms with van der Waals surface area (Å²) in [7, 11) is 0. The quantitative estimate of drug-likeness (QED) is 0.943. The van der Waals surface area contributed by atoms with Crippen molar-refractivity contribution in [3.05, 3.63) is 21.8 Å². The molecule has 6 heteroatoms. The van der Waals surface area contributed by atoms with Gasteiger partial charge in [-0.25, -0.2) is 0 Å². The van der Waals surface area contributed by atoms with Gasteiger partial charge in [-0.1, -0.05) is 5.16 Å². The maximum Gasteiger partial charge on any atom is 0.240 e. The SMILES string of the molecule is Brc1csc(-c2noc(CNC3CC3)n2)c1. The summed E-state index contributed by atoms with van der Waals surface area (Å²) in [5.74, 6) is 1.33. The molecule has 0 unspecified atom stereocenters. The van der Waals surface area contributed by atoms with Crippen LogP contribution in [0.4, 0.5) is 0 Å². The van der Waals surface area contributed by atoms with Crippen LogP contribution in [0, 0.1) is 0 Å². The summed E-state index contributed by atoms with van der Waals surface area (Å²) in [6.07, 6.45) is 2.53. The van der Waals surface area contributed by atoms with Crippen LogP contribution in [0.15, 0.2) is 20.4 Å². The highest BCUT2D eigenvalue weighted by Crippen LogP contribution is 2.27. The zero-order valence-corrected chi connectivity index (χ0v) is 10.8. The lowest BCUT2D eigenvalue weighted by molar-refractivity contribution is 0.367. The standard InChI is InChI=1S/C10H10BrN3OS/c11-6-3-8(16-5-6)10-13-9(15-14-10)4-12-7-1-2-7/h3,5,7,12H,1-2,4H2. The molecule has 2 aromatic rings. The largest absolute Gasteiger partial charge is 0.338 e. The van der Waals surface area contributed by atoms with Gasteiger partial charge in [0.25, 0.3) is 0 Å². The summed E-state index contributed by atoms with van der Waals surface area (Å²) >= 11 is 5.01. The number of rotatable bonds is 4. The van der Waals surface area contributed by atoms with E-state index in [9.17, 15) is 0 Å². The van der Waals surface area contributed by atoms with Crippen LogP contribution in [0.1, 0.15) is 18.7 Å². The Morgan fingerprint density at radius 3 is 3.12 bits per heavy atom. The Balaban J connectivity index is 1.71. The number of nitrogens with one attached hydrogen (secondary N) is 1.